The van der Waals surface area contributed by atoms with Crippen LogP contribution in [0.3, 0.4) is 0 Å². The molecule has 0 bridgehead atoms. The highest BCUT2D eigenvalue weighted by atomic mass is 19.4. The average molecular weight is 434 g/mol. The number of benzene rings is 1. The molecule has 1 unspecified atom stereocenters. The van der Waals surface area contributed by atoms with Gasteiger partial charge in [-0.3, -0.25) is 4.57 Å². The van der Waals surface area contributed by atoms with Crippen LogP contribution in [0.4, 0.5) is 24.9 Å². The van der Waals surface area contributed by atoms with Gasteiger partial charge in [0.15, 0.2) is 17.0 Å². The van der Waals surface area contributed by atoms with E-state index in [1.54, 1.807) is 6.07 Å². The molecule has 0 saturated carbocycles. The van der Waals surface area contributed by atoms with Gasteiger partial charge in [0.1, 0.15) is 6.33 Å². The largest absolute Gasteiger partial charge is 0.416 e. The van der Waals surface area contributed by atoms with Crippen molar-refractivity contribution in [2.45, 2.75) is 51.5 Å². The number of hydrogen-bond donors (Lipinski definition) is 2. The van der Waals surface area contributed by atoms with Gasteiger partial charge in [0.25, 0.3) is 0 Å². The maximum absolute atomic E-state index is 13.0. The molecule has 1 aliphatic heterocycles. The van der Waals surface area contributed by atoms with Crippen molar-refractivity contribution in [3.05, 3.63) is 41.7 Å². The molecule has 1 atom stereocenters. The zero-order valence-electron chi connectivity index (χ0n) is 17.4. The van der Waals surface area contributed by atoms with Gasteiger partial charge in [-0.25, -0.2) is 15.0 Å². The number of aromatic nitrogens is 4. The second-order valence-corrected chi connectivity index (χ2v) is 7.99. The minimum absolute atomic E-state index is 0.00351. The summed E-state index contributed by atoms with van der Waals surface area (Å²) in [6, 6.07) is 5.28. The molecular weight excluding hydrogens is 409 g/mol. The first kappa shape index (κ1) is 21.4. The van der Waals surface area contributed by atoms with Gasteiger partial charge in [-0.2, -0.15) is 13.2 Å². The molecule has 10 heteroatoms. The quantitative estimate of drug-likeness (QED) is 0.611. The van der Waals surface area contributed by atoms with Crippen LogP contribution >= 0.6 is 0 Å². The Morgan fingerprint density at radius 2 is 2.06 bits per heavy atom. The number of alkyl halides is 3. The van der Waals surface area contributed by atoms with Crippen molar-refractivity contribution in [1.29, 1.82) is 0 Å². The van der Waals surface area contributed by atoms with E-state index in [0.29, 0.717) is 22.5 Å². The fourth-order valence-corrected chi connectivity index (χ4v) is 4.04. The average Bonchev–Trinajstić information content (AvgIpc) is 3.35. The number of fused-ring (bicyclic) bond motifs is 1. The Kier molecular flexibility index (Phi) is 5.74. The van der Waals surface area contributed by atoms with E-state index in [4.69, 9.17) is 4.98 Å². The lowest BCUT2D eigenvalue weighted by Crippen LogP contribution is -2.34. The SMILES string of the molecule is CC(C)n1c(N2CCCC2CO)nc2c(NCc3cccc(C(F)(F)F)c3)ncnc21. The molecule has 0 aliphatic carbocycles. The van der Waals surface area contributed by atoms with Crippen LogP contribution in [0.25, 0.3) is 11.2 Å². The zero-order chi connectivity index (χ0) is 22.2. The predicted octanol–water partition coefficient (Wildman–Crippen LogP) is 4.00. The van der Waals surface area contributed by atoms with Gasteiger partial charge in [-0.1, -0.05) is 12.1 Å². The van der Waals surface area contributed by atoms with Gasteiger partial charge >= 0.3 is 6.18 Å². The van der Waals surface area contributed by atoms with Gasteiger partial charge in [-0.15, -0.1) is 0 Å². The molecular formula is C21H25F3N6O. The first-order valence-corrected chi connectivity index (χ1v) is 10.3. The van der Waals surface area contributed by atoms with E-state index in [-0.39, 0.29) is 25.2 Å². The summed E-state index contributed by atoms with van der Waals surface area (Å²) >= 11 is 0. The highest BCUT2D eigenvalue weighted by molar-refractivity contribution is 5.85. The molecule has 3 heterocycles. The summed E-state index contributed by atoms with van der Waals surface area (Å²) in [5, 5.41) is 12.9. The lowest BCUT2D eigenvalue weighted by molar-refractivity contribution is -0.137. The molecule has 0 radical (unpaired) electrons. The second-order valence-electron chi connectivity index (χ2n) is 7.99. The highest BCUT2D eigenvalue weighted by Gasteiger charge is 2.31. The molecule has 0 amide bonds. The molecule has 1 aliphatic rings. The van der Waals surface area contributed by atoms with Crippen molar-refractivity contribution < 1.29 is 18.3 Å². The number of imidazole rings is 1. The number of nitrogens with zero attached hydrogens (tertiary/aromatic N) is 5. The molecule has 3 aromatic rings. The molecule has 2 aromatic heterocycles. The molecule has 2 N–H and O–H groups in total. The lowest BCUT2D eigenvalue weighted by atomic mass is 10.1. The second kappa shape index (κ2) is 8.33. The lowest BCUT2D eigenvalue weighted by Gasteiger charge is -2.26. The third-order valence-corrected chi connectivity index (χ3v) is 5.53. The van der Waals surface area contributed by atoms with Crippen molar-refractivity contribution in [3.63, 3.8) is 0 Å². The molecule has 0 spiro atoms. The summed E-state index contributed by atoms with van der Waals surface area (Å²) in [7, 11) is 0. The molecule has 7 nitrogen and oxygen atoms in total. The Morgan fingerprint density at radius 3 is 2.77 bits per heavy atom. The van der Waals surface area contributed by atoms with E-state index in [9.17, 15) is 18.3 Å². The number of hydrogen-bond acceptors (Lipinski definition) is 6. The number of aliphatic hydroxyl groups excluding tert-OH is 1. The molecule has 1 aromatic carbocycles. The fourth-order valence-electron chi connectivity index (χ4n) is 4.04. The Bertz CT molecular complexity index is 1060. The van der Waals surface area contributed by atoms with Crippen LogP contribution in [0.5, 0.6) is 0 Å². The summed E-state index contributed by atoms with van der Waals surface area (Å²) in [6.07, 6.45) is -1.10. The van der Waals surface area contributed by atoms with E-state index < -0.39 is 11.7 Å². The topological polar surface area (TPSA) is 79.1 Å². The highest BCUT2D eigenvalue weighted by Crippen LogP contribution is 2.33. The van der Waals surface area contributed by atoms with E-state index in [0.717, 1.165) is 37.5 Å². The third-order valence-electron chi connectivity index (χ3n) is 5.53. The van der Waals surface area contributed by atoms with Gasteiger partial charge in [0.05, 0.1) is 18.2 Å². The van der Waals surface area contributed by atoms with Crippen LogP contribution in [0.15, 0.2) is 30.6 Å². The molecule has 1 fully saturated rings. The summed E-state index contributed by atoms with van der Waals surface area (Å²) < 4.78 is 41.0. The van der Waals surface area contributed by atoms with E-state index in [2.05, 4.69) is 20.2 Å². The number of rotatable bonds is 6. The number of aliphatic hydroxyl groups is 1. The van der Waals surface area contributed by atoms with Gasteiger partial charge in [0.2, 0.25) is 5.95 Å². The third kappa shape index (κ3) is 4.16. The van der Waals surface area contributed by atoms with Crippen molar-refractivity contribution in [3.8, 4) is 0 Å². The van der Waals surface area contributed by atoms with Crippen LogP contribution in [-0.2, 0) is 12.7 Å². The summed E-state index contributed by atoms with van der Waals surface area (Å²) in [5.41, 5.74) is 1.01. The van der Waals surface area contributed by atoms with E-state index in [1.807, 2.05) is 18.4 Å². The predicted molar refractivity (Wildman–Crippen MR) is 112 cm³/mol. The van der Waals surface area contributed by atoms with Gasteiger partial charge in [-0.05, 0) is 44.4 Å². The molecule has 31 heavy (non-hydrogen) atoms. The van der Waals surface area contributed by atoms with Crippen molar-refractivity contribution in [2.24, 2.45) is 0 Å². The molecule has 1 saturated heterocycles. The summed E-state index contributed by atoms with van der Waals surface area (Å²) in [4.78, 5) is 15.6. The number of nitrogens with one attached hydrogen (secondary N) is 1. The van der Waals surface area contributed by atoms with Crippen LogP contribution in [-0.4, -0.2) is 43.8 Å². The minimum Gasteiger partial charge on any atom is -0.394 e. The Morgan fingerprint density at radius 1 is 1.26 bits per heavy atom. The van der Waals surface area contributed by atoms with Crippen molar-refractivity contribution >= 4 is 22.9 Å². The van der Waals surface area contributed by atoms with Crippen LogP contribution in [0.1, 0.15) is 43.9 Å². The number of anilines is 2. The Labute approximate surface area is 177 Å². The van der Waals surface area contributed by atoms with Crippen LogP contribution in [0.2, 0.25) is 0 Å². The van der Waals surface area contributed by atoms with Crippen LogP contribution in [0, 0.1) is 0 Å². The molecule has 4 rings (SSSR count). The fraction of sp³-hybridized carbons (Fsp3) is 0.476. The first-order chi connectivity index (χ1) is 14.8. The summed E-state index contributed by atoms with van der Waals surface area (Å²) in [5.74, 6) is 1.19. The first-order valence-electron chi connectivity index (χ1n) is 10.3. The van der Waals surface area contributed by atoms with E-state index in [1.165, 1.54) is 12.4 Å². The van der Waals surface area contributed by atoms with E-state index >= 15 is 0 Å². The monoisotopic (exact) mass is 434 g/mol. The van der Waals surface area contributed by atoms with Crippen molar-refractivity contribution in [1.82, 2.24) is 19.5 Å². The Hall–Kier alpha value is -2.88. The van der Waals surface area contributed by atoms with Gasteiger partial charge in [0, 0.05) is 19.1 Å². The maximum atomic E-state index is 13.0. The van der Waals surface area contributed by atoms with Crippen molar-refractivity contribution in [2.75, 3.05) is 23.4 Å². The zero-order valence-corrected chi connectivity index (χ0v) is 17.4. The normalized spacial score (nSPS) is 17.1. The standard InChI is InChI=1S/C21H25F3N6O/c1-13(2)30-19-17(28-20(30)29-8-4-7-16(29)11-31)18(26-12-27-19)25-10-14-5-3-6-15(9-14)21(22,23)24/h3,5-6,9,12-13,16,31H,4,7-8,10-11H2,1-2H3,(H,25,26,27). The molecule has 166 valence electrons. The smallest absolute Gasteiger partial charge is 0.394 e. The van der Waals surface area contributed by atoms with Crippen LogP contribution < -0.4 is 10.2 Å². The maximum Gasteiger partial charge on any atom is 0.416 e. The Balaban J connectivity index is 1.67. The number of halogens is 3. The summed E-state index contributed by atoms with van der Waals surface area (Å²) in [6.45, 7) is 5.08. The minimum atomic E-state index is -4.39. The van der Waals surface area contributed by atoms with Gasteiger partial charge < -0.3 is 15.3 Å².